The molecule has 1 amide bonds. The molecule has 0 saturated carbocycles. The first-order valence-electron chi connectivity index (χ1n) is 7.01. The van der Waals surface area contributed by atoms with Gasteiger partial charge in [0, 0.05) is 32.7 Å². The van der Waals surface area contributed by atoms with Crippen molar-refractivity contribution in [2.45, 2.75) is 32.3 Å². The second-order valence-corrected chi connectivity index (χ2v) is 4.98. The van der Waals surface area contributed by atoms with Gasteiger partial charge in [-0.2, -0.15) is 0 Å². The van der Waals surface area contributed by atoms with Crippen molar-refractivity contribution in [2.24, 2.45) is 7.05 Å². The number of aliphatic hydroxyl groups excluding tert-OH is 1. The van der Waals surface area contributed by atoms with E-state index < -0.39 is 0 Å². The molecule has 7 heteroatoms. The third kappa shape index (κ3) is 3.16. The molecule has 1 fully saturated rings. The molecule has 1 saturated heterocycles. The highest BCUT2D eigenvalue weighted by atomic mass is 16.5. The summed E-state index contributed by atoms with van der Waals surface area (Å²) in [6.45, 7) is 3.95. The van der Waals surface area contributed by atoms with Gasteiger partial charge in [0.1, 0.15) is 19.0 Å². The summed E-state index contributed by atoms with van der Waals surface area (Å²) in [5, 5.41) is 17.3. The van der Waals surface area contributed by atoms with Crippen LogP contribution in [0.3, 0.4) is 0 Å². The smallest absolute Gasteiger partial charge is 0.248 e. The van der Waals surface area contributed by atoms with Gasteiger partial charge < -0.3 is 19.3 Å². The van der Waals surface area contributed by atoms with Crippen molar-refractivity contribution in [3.8, 4) is 0 Å². The monoisotopic (exact) mass is 282 g/mol. The second kappa shape index (κ2) is 6.81. The molecule has 0 radical (unpaired) electrons. The first kappa shape index (κ1) is 14.9. The molecule has 0 unspecified atom stereocenters. The van der Waals surface area contributed by atoms with Gasteiger partial charge in [0.2, 0.25) is 5.91 Å². The maximum absolute atomic E-state index is 11.9. The van der Waals surface area contributed by atoms with Crippen LogP contribution in [0.5, 0.6) is 0 Å². The van der Waals surface area contributed by atoms with E-state index in [1.165, 1.54) is 0 Å². The molecule has 7 nitrogen and oxygen atoms in total. The van der Waals surface area contributed by atoms with Gasteiger partial charge in [-0.3, -0.25) is 4.79 Å². The van der Waals surface area contributed by atoms with Crippen molar-refractivity contribution in [1.82, 2.24) is 19.7 Å². The largest absolute Gasteiger partial charge is 0.388 e. The van der Waals surface area contributed by atoms with Gasteiger partial charge in [-0.1, -0.05) is 0 Å². The lowest BCUT2D eigenvalue weighted by atomic mass is 9.96. The zero-order valence-electron chi connectivity index (χ0n) is 12.1. The number of aliphatic hydroxyl groups is 1. The number of nitrogens with zero attached hydrogens (tertiary/aromatic N) is 4. The third-order valence-electron chi connectivity index (χ3n) is 3.78. The number of amides is 1. The Morgan fingerprint density at radius 1 is 1.40 bits per heavy atom. The summed E-state index contributed by atoms with van der Waals surface area (Å²) >= 11 is 0. The Balaban J connectivity index is 1.90. The van der Waals surface area contributed by atoms with Crippen LogP contribution in [0.1, 0.15) is 37.3 Å². The molecular weight excluding hydrogens is 260 g/mol. The Morgan fingerprint density at radius 2 is 2.10 bits per heavy atom. The number of ether oxygens (including phenoxy) is 1. The summed E-state index contributed by atoms with van der Waals surface area (Å²) in [6.07, 6.45) is 1.74. The molecule has 1 N–H and O–H groups in total. The molecular formula is C13H22N4O3. The standard InChI is InChI=1S/C13H22N4O3/c1-3-20-9-12(19)17-6-4-10(5-7-17)13-15-14-11(8-18)16(13)2/h10,18H,3-9H2,1-2H3. The maximum atomic E-state index is 11.9. The molecule has 0 spiro atoms. The van der Waals surface area contributed by atoms with Crippen LogP contribution < -0.4 is 0 Å². The maximum Gasteiger partial charge on any atom is 0.248 e. The Kier molecular flexibility index (Phi) is 5.08. The fourth-order valence-corrected chi connectivity index (χ4v) is 2.54. The van der Waals surface area contributed by atoms with Crippen LogP contribution in [-0.2, 0) is 23.2 Å². The Morgan fingerprint density at radius 3 is 2.65 bits per heavy atom. The number of hydrogen-bond donors (Lipinski definition) is 1. The van der Waals surface area contributed by atoms with Crippen molar-refractivity contribution in [1.29, 1.82) is 0 Å². The summed E-state index contributed by atoms with van der Waals surface area (Å²) in [4.78, 5) is 13.7. The minimum atomic E-state index is -0.102. The summed E-state index contributed by atoms with van der Waals surface area (Å²) in [7, 11) is 1.87. The first-order valence-corrected chi connectivity index (χ1v) is 7.01. The fraction of sp³-hybridized carbons (Fsp3) is 0.769. The Labute approximate surface area is 118 Å². The molecule has 1 aromatic rings. The topological polar surface area (TPSA) is 80.5 Å². The average molecular weight is 282 g/mol. The predicted molar refractivity (Wildman–Crippen MR) is 72.0 cm³/mol. The van der Waals surface area contributed by atoms with Crippen LogP contribution in [0, 0.1) is 0 Å². The minimum absolute atomic E-state index is 0.0549. The highest BCUT2D eigenvalue weighted by Gasteiger charge is 2.27. The normalized spacial score (nSPS) is 16.6. The molecule has 20 heavy (non-hydrogen) atoms. The van der Waals surface area contributed by atoms with Crippen molar-refractivity contribution in [2.75, 3.05) is 26.3 Å². The number of carbonyl (C=O) groups is 1. The molecule has 0 bridgehead atoms. The lowest BCUT2D eigenvalue weighted by molar-refractivity contribution is -0.137. The van der Waals surface area contributed by atoms with E-state index in [-0.39, 0.29) is 19.1 Å². The van der Waals surface area contributed by atoms with Gasteiger partial charge in [-0.05, 0) is 19.8 Å². The lowest BCUT2D eigenvalue weighted by Gasteiger charge is -2.31. The van der Waals surface area contributed by atoms with E-state index in [4.69, 9.17) is 9.84 Å². The van der Waals surface area contributed by atoms with Gasteiger partial charge in [0.15, 0.2) is 5.82 Å². The predicted octanol–water partition coefficient (Wildman–Crippen LogP) is 0.0499. The van der Waals surface area contributed by atoms with Gasteiger partial charge in [-0.25, -0.2) is 0 Å². The number of likely N-dealkylation sites (tertiary alicyclic amines) is 1. The van der Waals surface area contributed by atoms with Crippen LogP contribution in [0.25, 0.3) is 0 Å². The van der Waals surface area contributed by atoms with E-state index in [9.17, 15) is 4.79 Å². The van der Waals surface area contributed by atoms with Crippen molar-refractivity contribution < 1.29 is 14.6 Å². The third-order valence-corrected chi connectivity index (χ3v) is 3.78. The molecule has 0 aromatic carbocycles. The number of aromatic nitrogens is 3. The Bertz CT molecular complexity index is 452. The Hall–Kier alpha value is -1.47. The number of piperidine rings is 1. The molecule has 2 heterocycles. The van der Waals surface area contributed by atoms with Gasteiger partial charge >= 0.3 is 0 Å². The summed E-state index contributed by atoms with van der Waals surface area (Å²) in [6, 6.07) is 0. The van der Waals surface area contributed by atoms with Crippen LogP contribution in [0.15, 0.2) is 0 Å². The van der Waals surface area contributed by atoms with Gasteiger partial charge in [-0.15, -0.1) is 10.2 Å². The second-order valence-electron chi connectivity index (χ2n) is 4.98. The van der Waals surface area contributed by atoms with E-state index in [0.29, 0.717) is 18.3 Å². The van der Waals surface area contributed by atoms with E-state index in [1.54, 1.807) is 0 Å². The molecule has 0 atom stereocenters. The average Bonchev–Trinajstić information content (AvgIpc) is 2.86. The van der Waals surface area contributed by atoms with Crippen molar-refractivity contribution in [3.63, 3.8) is 0 Å². The van der Waals surface area contributed by atoms with E-state index >= 15 is 0 Å². The molecule has 1 aliphatic rings. The number of rotatable bonds is 5. The minimum Gasteiger partial charge on any atom is -0.388 e. The molecule has 1 aliphatic heterocycles. The SMILES string of the molecule is CCOCC(=O)N1CCC(c2nnc(CO)n2C)CC1. The lowest BCUT2D eigenvalue weighted by Crippen LogP contribution is -2.40. The summed E-state index contributed by atoms with van der Waals surface area (Å²) < 4.78 is 7.00. The van der Waals surface area contributed by atoms with E-state index in [2.05, 4.69) is 10.2 Å². The van der Waals surface area contributed by atoms with E-state index in [1.807, 2.05) is 23.4 Å². The fourth-order valence-electron chi connectivity index (χ4n) is 2.54. The van der Waals surface area contributed by atoms with Crippen LogP contribution in [0.2, 0.25) is 0 Å². The van der Waals surface area contributed by atoms with Gasteiger partial charge in [0.05, 0.1) is 0 Å². The van der Waals surface area contributed by atoms with Crippen molar-refractivity contribution >= 4 is 5.91 Å². The molecule has 112 valence electrons. The van der Waals surface area contributed by atoms with Gasteiger partial charge in [0.25, 0.3) is 0 Å². The zero-order valence-corrected chi connectivity index (χ0v) is 12.1. The highest BCUT2D eigenvalue weighted by molar-refractivity contribution is 5.77. The first-order chi connectivity index (χ1) is 9.67. The van der Waals surface area contributed by atoms with Crippen LogP contribution in [0.4, 0.5) is 0 Å². The summed E-state index contributed by atoms with van der Waals surface area (Å²) in [5.41, 5.74) is 0. The number of hydrogen-bond acceptors (Lipinski definition) is 5. The quantitative estimate of drug-likeness (QED) is 0.825. The van der Waals surface area contributed by atoms with E-state index in [0.717, 1.165) is 31.8 Å². The van der Waals surface area contributed by atoms with Crippen LogP contribution >= 0.6 is 0 Å². The molecule has 2 rings (SSSR count). The molecule has 1 aromatic heterocycles. The summed E-state index contributed by atoms with van der Waals surface area (Å²) in [5.74, 6) is 1.82. The number of carbonyl (C=O) groups excluding carboxylic acids is 1. The molecule has 0 aliphatic carbocycles. The zero-order chi connectivity index (χ0) is 14.5. The van der Waals surface area contributed by atoms with Crippen molar-refractivity contribution in [3.05, 3.63) is 11.6 Å². The van der Waals surface area contributed by atoms with Crippen LogP contribution in [-0.4, -0.2) is 57.0 Å². The highest BCUT2D eigenvalue weighted by Crippen LogP contribution is 2.26.